The number of rotatable bonds is 7. The molecule has 1 aliphatic heterocycles. The van der Waals surface area contributed by atoms with Crippen LogP contribution in [0.1, 0.15) is 48.9 Å². The topological polar surface area (TPSA) is 92.1 Å². The average molecular weight is 420 g/mol. The Kier molecular flexibility index (Phi) is 6.44. The third-order valence-electron chi connectivity index (χ3n) is 5.90. The number of amides is 1. The van der Waals surface area contributed by atoms with Crippen molar-refractivity contribution < 1.29 is 9.90 Å². The zero-order chi connectivity index (χ0) is 21.8. The van der Waals surface area contributed by atoms with Gasteiger partial charge < -0.3 is 15.7 Å². The Balaban J connectivity index is 1.29. The van der Waals surface area contributed by atoms with Gasteiger partial charge in [-0.1, -0.05) is 42.5 Å². The predicted molar refractivity (Wildman–Crippen MR) is 120 cm³/mol. The number of aliphatic hydroxyl groups is 1. The molecule has 1 fully saturated rings. The van der Waals surface area contributed by atoms with Crippen molar-refractivity contribution in [1.82, 2.24) is 20.1 Å². The van der Waals surface area contributed by atoms with Gasteiger partial charge in [-0.15, -0.1) is 0 Å². The molecule has 31 heavy (non-hydrogen) atoms. The first-order valence-corrected chi connectivity index (χ1v) is 10.8. The smallest absolute Gasteiger partial charge is 0.249 e. The van der Waals surface area contributed by atoms with Gasteiger partial charge in [-0.25, -0.2) is 9.67 Å². The summed E-state index contributed by atoms with van der Waals surface area (Å²) in [5.41, 5.74) is 2.91. The van der Waals surface area contributed by atoms with Gasteiger partial charge in [-0.2, -0.15) is 5.10 Å². The zero-order valence-corrected chi connectivity index (χ0v) is 17.9. The molecule has 0 bridgehead atoms. The van der Waals surface area contributed by atoms with E-state index in [1.807, 2.05) is 54.6 Å². The Labute approximate surface area is 182 Å². The fourth-order valence-electron chi connectivity index (χ4n) is 4.07. The van der Waals surface area contributed by atoms with Gasteiger partial charge in [0.25, 0.3) is 0 Å². The minimum atomic E-state index is -0.487. The van der Waals surface area contributed by atoms with Crippen molar-refractivity contribution >= 4 is 11.6 Å². The van der Waals surface area contributed by atoms with E-state index in [4.69, 9.17) is 0 Å². The first kappa shape index (κ1) is 21.2. The Morgan fingerprint density at radius 1 is 1.19 bits per heavy atom. The zero-order valence-electron chi connectivity index (χ0n) is 17.9. The van der Waals surface area contributed by atoms with Crippen molar-refractivity contribution in [2.75, 3.05) is 5.32 Å². The lowest BCUT2D eigenvalue weighted by atomic mass is 10.0. The maximum absolute atomic E-state index is 12.5. The molecular weight excluding hydrogens is 390 g/mol. The molecule has 3 N–H and O–H groups in total. The summed E-state index contributed by atoms with van der Waals surface area (Å²) in [5.74, 6) is 0.510. The molecule has 1 amide bonds. The van der Waals surface area contributed by atoms with Gasteiger partial charge in [-0.3, -0.25) is 4.79 Å². The fourth-order valence-corrected chi connectivity index (χ4v) is 4.07. The molecule has 7 heteroatoms. The molecular formula is C24H29N5O2. The van der Waals surface area contributed by atoms with E-state index < -0.39 is 12.1 Å². The van der Waals surface area contributed by atoms with Gasteiger partial charge in [0.15, 0.2) is 0 Å². The van der Waals surface area contributed by atoms with Crippen molar-refractivity contribution in [3.05, 3.63) is 77.9 Å². The molecule has 3 aromatic rings. The second-order valence-electron chi connectivity index (χ2n) is 8.24. The van der Waals surface area contributed by atoms with E-state index in [1.165, 1.54) is 5.56 Å². The summed E-state index contributed by atoms with van der Waals surface area (Å²) in [7, 11) is 0. The highest BCUT2D eigenvalue weighted by atomic mass is 16.3. The van der Waals surface area contributed by atoms with Crippen molar-refractivity contribution in [3.8, 4) is 0 Å². The molecule has 162 valence electrons. The Morgan fingerprint density at radius 2 is 1.94 bits per heavy atom. The van der Waals surface area contributed by atoms with Crippen LogP contribution in [0.15, 0.2) is 60.9 Å². The van der Waals surface area contributed by atoms with E-state index in [1.54, 1.807) is 24.9 Å². The van der Waals surface area contributed by atoms with Gasteiger partial charge >= 0.3 is 0 Å². The van der Waals surface area contributed by atoms with Crippen LogP contribution in [0.25, 0.3) is 0 Å². The third kappa shape index (κ3) is 5.18. The van der Waals surface area contributed by atoms with Crippen LogP contribution < -0.4 is 10.6 Å². The van der Waals surface area contributed by atoms with Gasteiger partial charge in [0.1, 0.15) is 18.2 Å². The van der Waals surface area contributed by atoms with Crippen LogP contribution >= 0.6 is 0 Å². The van der Waals surface area contributed by atoms with Crippen LogP contribution in [0.2, 0.25) is 0 Å². The van der Waals surface area contributed by atoms with Crippen LogP contribution in [-0.2, 0) is 11.2 Å². The lowest BCUT2D eigenvalue weighted by Crippen LogP contribution is -2.35. The molecule has 1 saturated heterocycles. The standard InChI is InChI=1S/C24H29N5O2/c1-16(29-15-25-17(2)28-29)24(31)27-20-10-8-18(9-11-20)14-21-12-13-22(26-21)23(30)19-6-4-3-5-7-19/h3-11,15-16,21-23,26,30H,12-14H2,1-2H3,(H,27,31)/t16-,21?,22?,23+/m0/s1. The molecule has 1 aliphatic rings. The summed E-state index contributed by atoms with van der Waals surface area (Å²) in [4.78, 5) is 16.5. The van der Waals surface area contributed by atoms with Crippen LogP contribution in [0, 0.1) is 6.92 Å². The van der Waals surface area contributed by atoms with E-state index in [9.17, 15) is 9.90 Å². The Hall–Kier alpha value is -3.03. The lowest BCUT2D eigenvalue weighted by molar-refractivity contribution is -0.119. The maximum Gasteiger partial charge on any atom is 0.249 e. The Morgan fingerprint density at radius 3 is 2.61 bits per heavy atom. The summed E-state index contributed by atoms with van der Waals surface area (Å²) in [6, 6.07) is 17.7. The summed E-state index contributed by atoms with van der Waals surface area (Å²) >= 11 is 0. The highest BCUT2D eigenvalue weighted by molar-refractivity contribution is 5.93. The molecule has 2 unspecified atom stereocenters. The molecule has 2 aromatic carbocycles. The quantitative estimate of drug-likeness (QED) is 0.547. The number of aryl methyl sites for hydroxylation is 1. The number of nitrogens with zero attached hydrogens (tertiary/aromatic N) is 3. The van der Waals surface area contributed by atoms with Crippen LogP contribution in [0.5, 0.6) is 0 Å². The van der Waals surface area contributed by atoms with Gasteiger partial charge in [0, 0.05) is 17.8 Å². The number of carbonyl (C=O) groups is 1. The summed E-state index contributed by atoms with van der Waals surface area (Å²) in [5, 5.41) is 21.4. The molecule has 4 atom stereocenters. The summed E-state index contributed by atoms with van der Waals surface area (Å²) in [6.07, 6.45) is 3.95. The molecule has 0 spiro atoms. The lowest BCUT2D eigenvalue weighted by Gasteiger charge is -2.20. The largest absolute Gasteiger partial charge is 0.387 e. The number of hydrogen-bond acceptors (Lipinski definition) is 5. The summed E-state index contributed by atoms with van der Waals surface area (Å²) < 4.78 is 1.56. The molecule has 2 heterocycles. The highest BCUT2D eigenvalue weighted by Crippen LogP contribution is 2.27. The third-order valence-corrected chi connectivity index (χ3v) is 5.90. The van der Waals surface area contributed by atoms with Gasteiger partial charge in [0.05, 0.1) is 6.10 Å². The van der Waals surface area contributed by atoms with Crippen molar-refractivity contribution in [2.45, 2.75) is 57.3 Å². The number of hydrogen-bond donors (Lipinski definition) is 3. The van der Waals surface area contributed by atoms with E-state index in [2.05, 4.69) is 20.7 Å². The number of benzene rings is 2. The van der Waals surface area contributed by atoms with E-state index in [-0.39, 0.29) is 11.9 Å². The van der Waals surface area contributed by atoms with E-state index in [0.717, 1.165) is 30.5 Å². The van der Waals surface area contributed by atoms with E-state index >= 15 is 0 Å². The number of carbonyl (C=O) groups excluding carboxylic acids is 1. The van der Waals surface area contributed by atoms with Gasteiger partial charge in [0.2, 0.25) is 5.91 Å². The maximum atomic E-state index is 12.5. The molecule has 0 aliphatic carbocycles. The highest BCUT2D eigenvalue weighted by Gasteiger charge is 2.29. The second-order valence-corrected chi connectivity index (χ2v) is 8.24. The second kappa shape index (κ2) is 9.41. The SMILES string of the molecule is Cc1ncn([C@@H](C)C(=O)Nc2ccc(CC3CCC([C@H](O)c4ccccc4)N3)cc2)n1. The van der Waals surface area contributed by atoms with Gasteiger partial charge in [-0.05, 0) is 56.4 Å². The van der Waals surface area contributed by atoms with Crippen LogP contribution in [0.4, 0.5) is 5.69 Å². The number of nitrogens with one attached hydrogen (secondary N) is 2. The van der Waals surface area contributed by atoms with Crippen LogP contribution in [-0.4, -0.2) is 37.9 Å². The number of aromatic nitrogens is 3. The molecule has 0 radical (unpaired) electrons. The van der Waals surface area contributed by atoms with Crippen molar-refractivity contribution in [1.29, 1.82) is 0 Å². The first-order chi connectivity index (χ1) is 15.0. The van der Waals surface area contributed by atoms with Crippen molar-refractivity contribution in [3.63, 3.8) is 0 Å². The fraction of sp³-hybridized carbons (Fsp3) is 0.375. The molecule has 7 nitrogen and oxygen atoms in total. The molecule has 1 aromatic heterocycles. The normalized spacial score (nSPS) is 20.4. The monoisotopic (exact) mass is 419 g/mol. The summed E-state index contributed by atoms with van der Waals surface area (Å²) in [6.45, 7) is 3.59. The Bertz CT molecular complexity index is 1000. The molecule has 0 saturated carbocycles. The number of aliphatic hydroxyl groups excluding tert-OH is 1. The minimum absolute atomic E-state index is 0.0767. The first-order valence-electron chi connectivity index (χ1n) is 10.8. The van der Waals surface area contributed by atoms with E-state index in [0.29, 0.717) is 11.9 Å². The molecule has 4 rings (SSSR count). The van der Waals surface area contributed by atoms with Crippen LogP contribution in [0.3, 0.4) is 0 Å². The minimum Gasteiger partial charge on any atom is -0.387 e. The predicted octanol–water partition coefficient (Wildman–Crippen LogP) is 3.18. The average Bonchev–Trinajstić information content (AvgIpc) is 3.44. The van der Waals surface area contributed by atoms with Crippen molar-refractivity contribution in [2.24, 2.45) is 0 Å². The number of anilines is 1.